The molecule has 1 amide bonds. The highest BCUT2D eigenvalue weighted by Crippen LogP contribution is 2.40. The van der Waals surface area contributed by atoms with Crippen LogP contribution in [0.15, 0.2) is 54.7 Å². The Bertz CT molecular complexity index is 1100. The molecule has 1 saturated heterocycles. The number of ether oxygens (including phenoxy) is 2. The van der Waals surface area contributed by atoms with Gasteiger partial charge in [-0.2, -0.15) is 5.10 Å². The van der Waals surface area contributed by atoms with Gasteiger partial charge in [0.2, 0.25) is 5.88 Å². The second-order valence-electron chi connectivity index (χ2n) is 8.67. The Labute approximate surface area is 192 Å². The minimum absolute atomic E-state index is 0.338. The molecule has 9 heteroatoms. The average molecular weight is 447 g/mol. The smallest absolute Gasteiger partial charge is 0.416 e. The first-order valence-corrected chi connectivity index (χ1v) is 11.2. The molecule has 1 aromatic carbocycles. The Kier molecular flexibility index (Phi) is 5.77. The van der Waals surface area contributed by atoms with Crippen molar-refractivity contribution >= 4 is 17.7 Å². The molecule has 0 atom stereocenters. The second-order valence-corrected chi connectivity index (χ2v) is 8.67. The van der Waals surface area contributed by atoms with E-state index >= 15 is 0 Å². The normalized spacial score (nSPS) is 22.3. The quantitative estimate of drug-likeness (QED) is 0.596. The van der Waals surface area contributed by atoms with Crippen LogP contribution >= 0.6 is 0 Å². The van der Waals surface area contributed by atoms with Crippen molar-refractivity contribution in [3.05, 3.63) is 60.3 Å². The van der Waals surface area contributed by atoms with E-state index in [1.807, 2.05) is 43.3 Å². The molecule has 0 radical (unpaired) electrons. The van der Waals surface area contributed by atoms with Gasteiger partial charge in [-0.25, -0.2) is 4.79 Å². The molecule has 33 heavy (non-hydrogen) atoms. The van der Waals surface area contributed by atoms with Gasteiger partial charge >= 0.3 is 6.09 Å². The van der Waals surface area contributed by atoms with Crippen LogP contribution in [0.25, 0.3) is 0 Å². The van der Waals surface area contributed by atoms with E-state index in [0.29, 0.717) is 30.0 Å². The van der Waals surface area contributed by atoms with Gasteiger partial charge in [0.25, 0.3) is 0 Å². The number of carbonyl (C=O) groups is 1. The zero-order chi connectivity index (χ0) is 22.7. The summed E-state index contributed by atoms with van der Waals surface area (Å²) in [5, 5.41) is 19.7. The Morgan fingerprint density at radius 3 is 2.67 bits per heavy atom. The van der Waals surface area contributed by atoms with Gasteiger partial charge in [0, 0.05) is 18.8 Å². The topological polar surface area (TPSA) is 102 Å². The van der Waals surface area contributed by atoms with Gasteiger partial charge in [-0.3, -0.25) is 4.90 Å². The van der Waals surface area contributed by atoms with E-state index in [2.05, 4.69) is 25.7 Å². The summed E-state index contributed by atoms with van der Waals surface area (Å²) < 4.78 is 11.6. The van der Waals surface area contributed by atoms with E-state index in [4.69, 9.17) is 9.47 Å². The molecule has 3 heterocycles. The number of amides is 1. The van der Waals surface area contributed by atoms with Crippen molar-refractivity contribution in [3.8, 4) is 11.6 Å². The third-order valence-corrected chi connectivity index (χ3v) is 6.34. The van der Waals surface area contributed by atoms with Gasteiger partial charge in [-0.1, -0.05) is 18.2 Å². The molecule has 0 unspecified atom stereocenters. The highest BCUT2D eigenvalue weighted by molar-refractivity contribution is 5.89. The molecule has 1 spiro atoms. The Hall–Kier alpha value is -3.75. The number of hydrogen-bond acceptors (Lipinski definition) is 8. The maximum absolute atomic E-state index is 12.4. The molecule has 1 aliphatic heterocycles. The number of para-hydroxylation sites is 1. The van der Waals surface area contributed by atoms with E-state index in [1.165, 1.54) is 0 Å². The SMILES string of the molecule is Cc1ccccc1Oc1ccc(NCC2CCC3(CC2)CN(c2cccnn2)C(=O)O3)nn1. The highest BCUT2D eigenvalue weighted by Gasteiger charge is 2.48. The van der Waals surface area contributed by atoms with Crippen LogP contribution in [0.2, 0.25) is 0 Å². The average Bonchev–Trinajstić information content (AvgIpc) is 3.17. The van der Waals surface area contributed by atoms with E-state index in [-0.39, 0.29) is 6.09 Å². The van der Waals surface area contributed by atoms with Gasteiger partial charge in [-0.05, 0) is 68.4 Å². The second kappa shape index (κ2) is 9.01. The lowest BCUT2D eigenvalue weighted by molar-refractivity contribution is 0.0148. The lowest BCUT2D eigenvalue weighted by Crippen LogP contribution is -2.39. The predicted molar refractivity (Wildman–Crippen MR) is 122 cm³/mol. The lowest BCUT2D eigenvalue weighted by atomic mass is 9.78. The van der Waals surface area contributed by atoms with Gasteiger partial charge in [-0.15, -0.1) is 15.3 Å². The summed E-state index contributed by atoms with van der Waals surface area (Å²) in [7, 11) is 0. The molecule has 2 aromatic heterocycles. The van der Waals surface area contributed by atoms with E-state index in [0.717, 1.165) is 43.5 Å². The van der Waals surface area contributed by atoms with E-state index in [1.54, 1.807) is 23.2 Å². The number of aryl methyl sites for hydroxylation is 1. The summed E-state index contributed by atoms with van der Waals surface area (Å²) in [5.74, 6) is 2.97. The number of carbonyl (C=O) groups excluding carboxylic acids is 1. The minimum Gasteiger partial charge on any atom is -0.441 e. The fourth-order valence-electron chi connectivity index (χ4n) is 4.41. The van der Waals surface area contributed by atoms with Crippen LogP contribution < -0.4 is 15.0 Å². The third-order valence-electron chi connectivity index (χ3n) is 6.34. The molecule has 1 aliphatic carbocycles. The zero-order valence-corrected chi connectivity index (χ0v) is 18.5. The molecular weight excluding hydrogens is 420 g/mol. The van der Waals surface area contributed by atoms with Crippen molar-refractivity contribution in [2.24, 2.45) is 5.92 Å². The minimum atomic E-state index is -0.431. The summed E-state index contributed by atoms with van der Waals surface area (Å²) in [5.41, 5.74) is 0.615. The Morgan fingerprint density at radius 1 is 1.09 bits per heavy atom. The van der Waals surface area contributed by atoms with Crippen LogP contribution in [0.4, 0.5) is 16.4 Å². The monoisotopic (exact) mass is 446 g/mol. The van der Waals surface area contributed by atoms with Gasteiger partial charge in [0.1, 0.15) is 17.2 Å². The van der Waals surface area contributed by atoms with Gasteiger partial charge < -0.3 is 14.8 Å². The van der Waals surface area contributed by atoms with Crippen LogP contribution in [0.5, 0.6) is 11.6 Å². The number of aromatic nitrogens is 4. The Balaban J connectivity index is 1.11. The fourth-order valence-corrected chi connectivity index (χ4v) is 4.41. The molecule has 170 valence electrons. The van der Waals surface area contributed by atoms with Crippen molar-refractivity contribution < 1.29 is 14.3 Å². The lowest BCUT2D eigenvalue weighted by Gasteiger charge is -2.35. The number of benzene rings is 1. The summed E-state index contributed by atoms with van der Waals surface area (Å²) in [6.45, 7) is 3.32. The first-order valence-electron chi connectivity index (χ1n) is 11.2. The third kappa shape index (κ3) is 4.72. The molecule has 3 aromatic rings. The van der Waals surface area contributed by atoms with Crippen LogP contribution in [0.1, 0.15) is 31.2 Å². The van der Waals surface area contributed by atoms with Crippen molar-refractivity contribution in [1.82, 2.24) is 20.4 Å². The molecule has 2 aliphatic rings. The first-order chi connectivity index (χ1) is 16.1. The summed E-state index contributed by atoms with van der Waals surface area (Å²) in [4.78, 5) is 14.0. The van der Waals surface area contributed by atoms with Crippen LogP contribution in [-0.4, -0.2) is 45.2 Å². The van der Waals surface area contributed by atoms with Gasteiger partial charge in [0.15, 0.2) is 5.82 Å². The molecule has 5 rings (SSSR count). The molecule has 1 saturated carbocycles. The van der Waals surface area contributed by atoms with E-state index < -0.39 is 5.60 Å². The summed E-state index contributed by atoms with van der Waals surface area (Å²) in [6.07, 6.45) is 4.85. The maximum atomic E-state index is 12.4. The summed E-state index contributed by atoms with van der Waals surface area (Å²) in [6, 6.07) is 15.0. The molecule has 2 fully saturated rings. The number of nitrogens with zero attached hydrogens (tertiary/aromatic N) is 5. The van der Waals surface area contributed by atoms with Crippen LogP contribution in [0, 0.1) is 12.8 Å². The highest BCUT2D eigenvalue weighted by atomic mass is 16.6. The number of hydrogen-bond donors (Lipinski definition) is 1. The van der Waals surface area contributed by atoms with Crippen LogP contribution in [0.3, 0.4) is 0 Å². The van der Waals surface area contributed by atoms with E-state index in [9.17, 15) is 4.79 Å². The van der Waals surface area contributed by atoms with Crippen LogP contribution in [-0.2, 0) is 4.74 Å². The fraction of sp³-hybridized carbons (Fsp3) is 0.375. The molecular formula is C24H26N6O3. The molecule has 1 N–H and O–H groups in total. The Morgan fingerprint density at radius 2 is 1.94 bits per heavy atom. The number of nitrogens with one attached hydrogen (secondary N) is 1. The molecule has 9 nitrogen and oxygen atoms in total. The van der Waals surface area contributed by atoms with Crippen molar-refractivity contribution in [2.45, 2.75) is 38.2 Å². The standard InChI is InChI=1S/C24H26N6O3/c1-17-5-2-3-6-19(17)32-22-9-8-20(27-29-22)25-15-18-10-12-24(13-11-18)16-30(23(31)33-24)21-7-4-14-26-28-21/h2-9,14,18H,10-13,15-16H2,1H3,(H,25,27). The zero-order valence-electron chi connectivity index (χ0n) is 18.5. The van der Waals surface area contributed by atoms with Crippen molar-refractivity contribution in [1.29, 1.82) is 0 Å². The summed E-state index contributed by atoms with van der Waals surface area (Å²) >= 11 is 0. The maximum Gasteiger partial charge on any atom is 0.416 e. The largest absolute Gasteiger partial charge is 0.441 e. The van der Waals surface area contributed by atoms with Crippen molar-refractivity contribution in [2.75, 3.05) is 23.3 Å². The number of rotatable bonds is 6. The number of anilines is 2. The van der Waals surface area contributed by atoms with Gasteiger partial charge in [0.05, 0.1) is 6.54 Å². The van der Waals surface area contributed by atoms with Crippen molar-refractivity contribution in [3.63, 3.8) is 0 Å². The predicted octanol–water partition coefficient (Wildman–Crippen LogP) is 4.37. The molecule has 0 bridgehead atoms. The first kappa shape index (κ1) is 21.1.